The molecule has 35 heavy (non-hydrogen) atoms. The van der Waals surface area contributed by atoms with Gasteiger partial charge in [-0.3, -0.25) is 9.59 Å². The van der Waals surface area contributed by atoms with Gasteiger partial charge in [0, 0.05) is 31.8 Å². The number of alkyl halides is 6. The number of hydrogen-bond acceptors (Lipinski definition) is 3. The van der Waals surface area contributed by atoms with E-state index in [-0.39, 0.29) is 29.7 Å². The molecule has 10 heteroatoms. The van der Waals surface area contributed by atoms with Crippen LogP contribution < -0.4 is 0 Å². The zero-order chi connectivity index (χ0) is 27.4. The SMILES string of the molecule is CC.CC(=O)N1CCOCC1.CCCCCC(=O)C(C)(C)c1cc(C(F)(F)F)cc(C(F)(F)F)c1. The van der Waals surface area contributed by atoms with Gasteiger partial charge in [0.15, 0.2) is 0 Å². The van der Waals surface area contributed by atoms with Crippen molar-refractivity contribution in [1.82, 2.24) is 4.90 Å². The minimum atomic E-state index is -4.92. The van der Waals surface area contributed by atoms with E-state index in [9.17, 15) is 35.9 Å². The largest absolute Gasteiger partial charge is 0.416 e. The number of nitrogens with zero attached hydrogens (tertiary/aromatic N) is 1. The number of ether oxygens (including phenoxy) is 1. The van der Waals surface area contributed by atoms with Crippen LogP contribution in [0.2, 0.25) is 0 Å². The van der Waals surface area contributed by atoms with Crippen LogP contribution in [0.1, 0.15) is 83.9 Å². The number of amides is 1. The molecule has 0 radical (unpaired) electrons. The fraction of sp³-hybridized carbons (Fsp3) is 0.680. The van der Waals surface area contributed by atoms with Crippen LogP contribution in [0.15, 0.2) is 18.2 Å². The molecular formula is C25H37F6NO3. The van der Waals surface area contributed by atoms with E-state index in [4.69, 9.17) is 4.74 Å². The highest BCUT2D eigenvalue weighted by Crippen LogP contribution is 2.39. The molecule has 1 amide bonds. The lowest BCUT2D eigenvalue weighted by Gasteiger charge is -2.26. The summed E-state index contributed by atoms with van der Waals surface area (Å²) < 4.78 is 82.6. The summed E-state index contributed by atoms with van der Waals surface area (Å²) in [6.45, 7) is 13.1. The molecule has 0 atom stereocenters. The van der Waals surface area contributed by atoms with E-state index in [1.165, 1.54) is 13.8 Å². The van der Waals surface area contributed by atoms with Crippen LogP contribution in [0.4, 0.5) is 26.3 Å². The quantitative estimate of drug-likeness (QED) is 0.303. The van der Waals surface area contributed by atoms with Gasteiger partial charge in [-0.2, -0.15) is 26.3 Å². The summed E-state index contributed by atoms with van der Waals surface area (Å²) in [6, 6.07) is 1.33. The van der Waals surface area contributed by atoms with Crippen LogP contribution in [0.5, 0.6) is 0 Å². The Bertz CT molecular complexity index is 765. The molecule has 0 N–H and O–H groups in total. The number of ketones is 1. The Morgan fingerprint density at radius 3 is 1.63 bits per heavy atom. The lowest BCUT2D eigenvalue weighted by molar-refractivity contribution is -0.143. The Morgan fingerprint density at radius 2 is 1.29 bits per heavy atom. The molecule has 1 fully saturated rings. The summed E-state index contributed by atoms with van der Waals surface area (Å²) in [7, 11) is 0. The number of rotatable bonds is 6. The summed E-state index contributed by atoms with van der Waals surface area (Å²) in [5, 5.41) is 0. The molecule has 0 aromatic heterocycles. The van der Waals surface area contributed by atoms with Gasteiger partial charge in [0.05, 0.1) is 24.3 Å². The molecule has 0 unspecified atom stereocenters. The topological polar surface area (TPSA) is 46.6 Å². The lowest BCUT2D eigenvalue weighted by atomic mass is 9.77. The number of carbonyl (C=O) groups is 2. The average Bonchev–Trinajstić information content (AvgIpc) is 2.80. The van der Waals surface area contributed by atoms with Crippen LogP contribution in [0.25, 0.3) is 0 Å². The number of Topliss-reactive ketones (excluding diaryl/α,β-unsaturated/α-hetero) is 1. The molecule has 1 saturated heterocycles. The van der Waals surface area contributed by atoms with E-state index in [0.29, 0.717) is 31.8 Å². The van der Waals surface area contributed by atoms with Crippen molar-refractivity contribution in [3.05, 3.63) is 34.9 Å². The van der Waals surface area contributed by atoms with Crippen molar-refractivity contribution >= 4 is 11.7 Å². The molecule has 1 aliphatic rings. The first-order valence-corrected chi connectivity index (χ1v) is 11.8. The van der Waals surface area contributed by atoms with Crippen LogP contribution in [0, 0.1) is 0 Å². The highest BCUT2D eigenvalue weighted by Gasteiger charge is 2.39. The molecule has 0 aliphatic carbocycles. The molecule has 202 valence electrons. The number of hydrogen-bond donors (Lipinski definition) is 0. The molecule has 1 heterocycles. The summed E-state index contributed by atoms with van der Waals surface area (Å²) in [5.74, 6) is -0.221. The van der Waals surface area contributed by atoms with E-state index in [0.717, 1.165) is 25.9 Å². The van der Waals surface area contributed by atoms with Gasteiger partial charge in [-0.05, 0) is 44.0 Å². The molecule has 2 rings (SSSR count). The second-order valence-corrected chi connectivity index (χ2v) is 8.42. The Kier molecular flexibility index (Phi) is 13.6. The molecule has 1 aliphatic heterocycles. The molecule has 0 bridgehead atoms. The van der Waals surface area contributed by atoms with Crippen molar-refractivity contribution in [3.63, 3.8) is 0 Å². The third-order valence-electron chi connectivity index (χ3n) is 5.47. The van der Waals surface area contributed by atoms with Crippen molar-refractivity contribution in [2.45, 2.75) is 85.0 Å². The molecule has 1 aromatic rings. The van der Waals surface area contributed by atoms with Gasteiger partial charge in [-0.1, -0.05) is 33.6 Å². The van der Waals surface area contributed by atoms with E-state index in [2.05, 4.69) is 0 Å². The van der Waals surface area contributed by atoms with E-state index >= 15 is 0 Å². The lowest BCUT2D eigenvalue weighted by Crippen LogP contribution is -2.39. The van der Waals surface area contributed by atoms with E-state index < -0.39 is 28.9 Å². The third kappa shape index (κ3) is 11.0. The summed E-state index contributed by atoms with van der Waals surface area (Å²) in [4.78, 5) is 24.8. The van der Waals surface area contributed by atoms with Gasteiger partial charge in [-0.25, -0.2) is 0 Å². The second-order valence-electron chi connectivity index (χ2n) is 8.42. The Morgan fingerprint density at radius 1 is 0.857 bits per heavy atom. The highest BCUT2D eigenvalue weighted by molar-refractivity contribution is 5.89. The maximum atomic E-state index is 12.9. The van der Waals surface area contributed by atoms with Gasteiger partial charge in [0.1, 0.15) is 5.78 Å². The van der Waals surface area contributed by atoms with Crippen molar-refractivity contribution in [2.24, 2.45) is 0 Å². The normalized spacial score (nSPS) is 14.3. The molecule has 1 aromatic carbocycles. The average molecular weight is 514 g/mol. The first-order valence-electron chi connectivity index (χ1n) is 11.8. The summed E-state index contributed by atoms with van der Waals surface area (Å²) in [6.07, 6.45) is -7.52. The minimum Gasteiger partial charge on any atom is -0.378 e. The predicted molar refractivity (Wildman–Crippen MR) is 123 cm³/mol. The number of carbonyl (C=O) groups excluding carboxylic acids is 2. The standard InChI is InChI=1S/C17H20F6O.C6H11NO2.C2H6/c1-4-5-6-7-14(24)15(2,3)11-8-12(16(18,19)20)10-13(9-11)17(21,22)23;1-6(8)7-2-4-9-5-3-7;1-2/h8-10H,4-7H2,1-3H3;2-5H2,1H3;1-2H3. The van der Waals surface area contributed by atoms with Crippen LogP contribution in [-0.2, 0) is 32.1 Å². The van der Waals surface area contributed by atoms with Gasteiger partial charge in [-0.15, -0.1) is 0 Å². The van der Waals surface area contributed by atoms with E-state index in [1.54, 1.807) is 11.8 Å². The molecule has 4 nitrogen and oxygen atoms in total. The Labute approximate surface area is 204 Å². The Hall–Kier alpha value is -2.10. The van der Waals surface area contributed by atoms with Crippen molar-refractivity contribution < 1.29 is 40.7 Å². The third-order valence-corrected chi connectivity index (χ3v) is 5.47. The van der Waals surface area contributed by atoms with Gasteiger partial charge >= 0.3 is 12.4 Å². The zero-order valence-corrected chi connectivity index (χ0v) is 21.3. The first-order chi connectivity index (χ1) is 16.1. The predicted octanol–water partition coefficient (Wildman–Crippen LogP) is 7.04. The Balaban J connectivity index is 0.000000870. The second kappa shape index (κ2) is 14.5. The monoisotopic (exact) mass is 513 g/mol. The maximum absolute atomic E-state index is 12.9. The molecule has 0 saturated carbocycles. The first kappa shape index (κ1) is 32.9. The smallest absolute Gasteiger partial charge is 0.378 e. The highest BCUT2D eigenvalue weighted by atomic mass is 19.4. The van der Waals surface area contributed by atoms with E-state index in [1.807, 2.05) is 20.8 Å². The minimum absolute atomic E-state index is 0.0706. The maximum Gasteiger partial charge on any atom is 0.416 e. The number of benzene rings is 1. The van der Waals surface area contributed by atoms with Crippen LogP contribution in [-0.4, -0.2) is 42.9 Å². The van der Waals surface area contributed by atoms with Gasteiger partial charge < -0.3 is 9.64 Å². The summed E-state index contributed by atoms with van der Waals surface area (Å²) >= 11 is 0. The molecular weight excluding hydrogens is 476 g/mol. The van der Waals surface area contributed by atoms with Gasteiger partial charge in [0.25, 0.3) is 0 Å². The summed E-state index contributed by atoms with van der Waals surface area (Å²) in [5.41, 5.74) is -4.50. The van der Waals surface area contributed by atoms with Crippen molar-refractivity contribution in [3.8, 4) is 0 Å². The fourth-order valence-corrected chi connectivity index (χ4v) is 3.20. The van der Waals surface area contributed by atoms with Crippen molar-refractivity contribution in [2.75, 3.05) is 26.3 Å². The zero-order valence-electron chi connectivity index (χ0n) is 21.3. The number of halogens is 6. The molecule has 0 spiro atoms. The van der Waals surface area contributed by atoms with Gasteiger partial charge in [0.2, 0.25) is 5.91 Å². The van der Waals surface area contributed by atoms with Crippen LogP contribution >= 0.6 is 0 Å². The number of morpholine rings is 1. The van der Waals surface area contributed by atoms with Crippen LogP contribution in [0.3, 0.4) is 0 Å². The fourth-order valence-electron chi connectivity index (χ4n) is 3.20. The number of unbranched alkanes of at least 4 members (excludes halogenated alkanes) is 2. The van der Waals surface area contributed by atoms with Crippen molar-refractivity contribution in [1.29, 1.82) is 0 Å².